The monoisotopic (exact) mass is 558 g/mol. The Bertz CT molecular complexity index is 1330. The summed E-state index contributed by atoms with van der Waals surface area (Å²) < 4.78 is 35.0. The molecule has 0 aliphatic carbocycles. The van der Waals surface area contributed by atoms with Crippen molar-refractivity contribution in [3.63, 3.8) is 0 Å². The summed E-state index contributed by atoms with van der Waals surface area (Å²) in [6.45, 7) is 3.72. The van der Waals surface area contributed by atoms with Gasteiger partial charge in [-0.25, -0.2) is 13.5 Å². The number of aromatic nitrogens is 2. The molecule has 2 N–H and O–H groups in total. The third-order valence-corrected chi connectivity index (χ3v) is 6.55. The molecule has 2 atom stereocenters. The number of hydrogen-bond acceptors (Lipinski definition) is 7. The summed E-state index contributed by atoms with van der Waals surface area (Å²) in [5.74, 6) is -3.02. The number of carbonyl (C=O) groups is 2. The van der Waals surface area contributed by atoms with E-state index in [0.717, 1.165) is 0 Å². The fraction of sp³-hybridized carbons (Fsp3) is 0.414. The van der Waals surface area contributed by atoms with E-state index in [0.29, 0.717) is 16.9 Å². The molecule has 0 spiro atoms. The van der Waals surface area contributed by atoms with Crippen molar-refractivity contribution in [3.05, 3.63) is 76.6 Å². The first kappa shape index (κ1) is 30.7. The molecule has 1 amide bonds. The van der Waals surface area contributed by atoms with Gasteiger partial charge in [0.25, 0.3) is 5.91 Å². The summed E-state index contributed by atoms with van der Waals surface area (Å²) >= 11 is 0. The molecule has 0 bridgehead atoms. The van der Waals surface area contributed by atoms with Gasteiger partial charge in [-0.1, -0.05) is 26.0 Å². The van der Waals surface area contributed by atoms with Crippen LogP contribution in [0.5, 0.6) is 5.75 Å². The Kier molecular flexibility index (Phi) is 10.4. The number of carboxylic acid groups (broad SMARTS) is 1. The van der Waals surface area contributed by atoms with Gasteiger partial charge in [-0.3, -0.25) is 4.79 Å². The van der Waals surface area contributed by atoms with Crippen molar-refractivity contribution < 1.29 is 38.4 Å². The lowest BCUT2D eigenvalue weighted by molar-refractivity contribution is -0.307. The molecule has 0 aliphatic heterocycles. The van der Waals surface area contributed by atoms with E-state index in [1.165, 1.54) is 54.1 Å². The van der Waals surface area contributed by atoms with Crippen LogP contribution in [0.3, 0.4) is 0 Å². The highest BCUT2D eigenvalue weighted by molar-refractivity contribution is 5.94. The maximum Gasteiger partial charge on any atom is 0.274 e. The van der Waals surface area contributed by atoms with Gasteiger partial charge in [-0.05, 0) is 55.5 Å². The predicted molar refractivity (Wildman–Crippen MR) is 141 cm³/mol. The standard InChI is InChI=1S/C29H35F2N3O6/c1-17(2)26-23(13-12-21(35)14-22(36)15-25(37)38)34(20-10-8-19(30)9-11-20)32-28(26)29(39)33(3)16-18-6-5-7-24(40-4)27(18)31/h5-11,17,21-22,35-36H,12-16H2,1-4H3,(H,37,38)/p-1/t21-,22-/m1/s1. The van der Waals surface area contributed by atoms with Crippen LogP contribution < -0.4 is 9.84 Å². The summed E-state index contributed by atoms with van der Waals surface area (Å²) in [7, 11) is 2.89. The molecule has 0 aliphatic rings. The molecule has 0 radical (unpaired) electrons. The maximum absolute atomic E-state index is 14.8. The molecule has 3 aromatic rings. The van der Waals surface area contributed by atoms with Crippen molar-refractivity contribution >= 4 is 11.9 Å². The molecule has 0 saturated carbocycles. The van der Waals surface area contributed by atoms with Gasteiger partial charge < -0.3 is 29.8 Å². The quantitative estimate of drug-likeness (QED) is 0.330. The highest BCUT2D eigenvalue weighted by Gasteiger charge is 2.28. The molecular weight excluding hydrogens is 524 g/mol. The molecule has 40 heavy (non-hydrogen) atoms. The zero-order chi connectivity index (χ0) is 29.6. The number of benzene rings is 2. The van der Waals surface area contributed by atoms with E-state index in [4.69, 9.17) is 4.74 Å². The van der Waals surface area contributed by atoms with E-state index in [-0.39, 0.29) is 48.7 Å². The fourth-order valence-electron chi connectivity index (χ4n) is 4.62. The van der Waals surface area contributed by atoms with Crippen LogP contribution in [-0.2, 0) is 17.8 Å². The van der Waals surface area contributed by atoms with Crippen LogP contribution in [0.15, 0.2) is 42.5 Å². The minimum atomic E-state index is -1.42. The topological polar surface area (TPSA) is 128 Å². The molecule has 9 nitrogen and oxygen atoms in total. The van der Waals surface area contributed by atoms with E-state index in [1.54, 1.807) is 12.1 Å². The third-order valence-electron chi connectivity index (χ3n) is 6.55. The number of carbonyl (C=O) groups excluding carboxylic acids is 2. The number of aliphatic hydroxyl groups is 2. The summed E-state index contributed by atoms with van der Waals surface area (Å²) in [5, 5.41) is 35.7. The average molecular weight is 559 g/mol. The lowest BCUT2D eigenvalue weighted by Crippen LogP contribution is -2.29. The number of methoxy groups -OCH3 is 1. The second-order valence-electron chi connectivity index (χ2n) is 10.0. The highest BCUT2D eigenvalue weighted by atomic mass is 19.1. The average Bonchev–Trinajstić information content (AvgIpc) is 3.27. The minimum absolute atomic E-state index is 0.0484. The van der Waals surface area contributed by atoms with E-state index in [1.807, 2.05) is 13.8 Å². The molecule has 0 unspecified atom stereocenters. The number of carboxylic acids is 1. The van der Waals surface area contributed by atoms with Gasteiger partial charge in [0.2, 0.25) is 0 Å². The van der Waals surface area contributed by atoms with Crippen molar-refractivity contribution in [3.8, 4) is 11.4 Å². The van der Waals surface area contributed by atoms with Crippen LogP contribution in [-0.4, -0.2) is 63.1 Å². The van der Waals surface area contributed by atoms with Crippen molar-refractivity contribution in [2.24, 2.45) is 0 Å². The largest absolute Gasteiger partial charge is 0.550 e. The number of aliphatic hydroxyl groups excluding tert-OH is 2. The molecule has 2 aromatic carbocycles. The Labute approximate surface area is 231 Å². The molecule has 0 saturated heterocycles. The zero-order valence-electron chi connectivity index (χ0n) is 22.9. The Morgan fingerprint density at radius 2 is 1.77 bits per heavy atom. The van der Waals surface area contributed by atoms with E-state index >= 15 is 0 Å². The third kappa shape index (κ3) is 7.42. The van der Waals surface area contributed by atoms with Crippen LogP contribution in [0.4, 0.5) is 8.78 Å². The first-order valence-corrected chi connectivity index (χ1v) is 12.9. The van der Waals surface area contributed by atoms with Gasteiger partial charge in [0.1, 0.15) is 5.82 Å². The van der Waals surface area contributed by atoms with Crippen molar-refractivity contribution in [2.75, 3.05) is 14.2 Å². The number of amides is 1. The van der Waals surface area contributed by atoms with Crippen LogP contribution in [0, 0.1) is 11.6 Å². The van der Waals surface area contributed by atoms with Crippen molar-refractivity contribution in [2.45, 2.75) is 64.2 Å². The molecule has 0 fully saturated rings. The van der Waals surface area contributed by atoms with E-state index in [2.05, 4.69) is 5.10 Å². The van der Waals surface area contributed by atoms with Crippen molar-refractivity contribution in [1.29, 1.82) is 0 Å². The number of halogens is 2. The molecule has 1 aromatic heterocycles. The maximum atomic E-state index is 14.8. The van der Waals surface area contributed by atoms with Gasteiger partial charge in [-0.2, -0.15) is 5.10 Å². The number of nitrogens with zero attached hydrogens (tertiary/aromatic N) is 3. The minimum Gasteiger partial charge on any atom is -0.550 e. The normalized spacial score (nSPS) is 12.8. The van der Waals surface area contributed by atoms with Gasteiger partial charge in [-0.15, -0.1) is 0 Å². The summed E-state index contributed by atoms with van der Waals surface area (Å²) in [6.07, 6.45) is -2.72. The number of rotatable bonds is 13. The smallest absolute Gasteiger partial charge is 0.274 e. The fourth-order valence-corrected chi connectivity index (χ4v) is 4.62. The van der Waals surface area contributed by atoms with Crippen LogP contribution in [0.1, 0.15) is 66.3 Å². The van der Waals surface area contributed by atoms with Gasteiger partial charge in [0.15, 0.2) is 17.3 Å². The predicted octanol–water partition coefficient (Wildman–Crippen LogP) is 2.74. The molecule has 216 valence electrons. The summed E-state index contributed by atoms with van der Waals surface area (Å²) in [6, 6.07) is 10.2. The molecular formula is C29H34F2N3O6-. The van der Waals surface area contributed by atoms with Crippen LogP contribution in [0.2, 0.25) is 0 Å². The van der Waals surface area contributed by atoms with E-state index in [9.17, 15) is 33.7 Å². The Hall–Kier alpha value is -3.83. The molecule has 1 heterocycles. The second-order valence-corrected chi connectivity index (χ2v) is 10.0. The molecule has 11 heteroatoms. The first-order chi connectivity index (χ1) is 18.9. The number of hydrogen-bond donors (Lipinski definition) is 2. The molecule has 3 rings (SSSR count). The SMILES string of the molecule is COc1cccc(CN(C)C(=O)c2nn(-c3ccc(F)cc3)c(CC[C@@H](O)C[C@@H](O)CC(=O)[O-])c2C(C)C)c1F. The van der Waals surface area contributed by atoms with Crippen LogP contribution >= 0.6 is 0 Å². The highest BCUT2D eigenvalue weighted by Crippen LogP contribution is 2.30. The lowest BCUT2D eigenvalue weighted by atomic mass is 9.95. The van der Waals surface area contributed by atoms with Gasteiger partial charge in [0.05, 0.1) is 25.0 Å². The second kappa shape index (κ2) is 13.5. The number of ether oxygens (including phenoxy) is 1. The van der Waals surface area contributed by atoms with Crippen LogP contribution in [0.25, 0.3) is 5.69 Å². The Balaban J connectivity index is 1.97. The first-order valence-electron chi connectivity index (χ1n) is 12.9. The van der Waals surface area contributed by atoms with Gasteiger partial charge in [0, 0.05) is 42.8 Å². The van der Waals surface area contributed by atoms with E-state index < -0.39 is 42.1 Å². The zero-order valence-corrected chi connectivity index (χ0v) is 22.9. The number of aliphatic carboxylic acids is 1. The Morgan fingerprint density at radius 1 is 1.10 bits per heavy atom. The lowest BCUT2D eigenvalue weighted by Gasteiger charge is -2.19. The summed E-state index contributed by atoms with van der Waals surface area (Å²) in [5.41, 5.74) is 2.09. The van der Waals surface area contributed by atoms with Gasteiger partial charge >= 0.3 is 0 Å². The van der Waals surface area contributed by atoms with Crippen molar-refractivity contribution in [1.82, 2.24) is 14.7 Å². The summed E-state index contributed by atoms with van der Waals surface area (Å²) in [4.78, 5) is 25.8. The Morgan fingerprint density at radius 3 is 2.38 bits per heavy atom.